The van der Waals surface area contributed by atoms with Crippen LogP contribution in [0.15, 0.2) is 0 Å². The van der Waals surface area contributed by atoms with Crippen molar-refractivity contribution in [2.24, 2.45) is 0 Å². The maximum absolute atomic E-state index is 7.50. The molecule has 10 heteroatoms. The number of hydrogen-bond donors (Lipinski definition) is 0. The Bertz CT molecular complexity index is 220. The maximum atomic E-state index is 7.50. The number of rotatable bonds is 6. The Hall–Kier alpha value is 0.789. The average Bonchev–Trinajstić information content (AvgIpc) is 2.45. The average molecular weight is 398 g/mol. The minimum atomic E-state index is -1.18. The van der Waals surface area contributed by atoms with Crippen molar-refractivity contribution in [2.45, 2.75) is 59.9 Å². The molecule has 0 spiro atoms. The molecule has 0 unspecified atom stereocenters. The van der Waals surface area contributed by atoms with Gasteiger partial charge in [0.15, 0.2) is 0 Å². The Morgan fingerprint density at radius 3 is 0.783 bits per heavy atom. The van der Waals surface area contributed by atoms with Crippen LogP contribution >= 0.6 is 8.60 Å². The van der Waals surface area contributed by atoms with Gasteiger partial charge in [-0.25, -0.2) is 0 Å². The van der Waals surface area contributed by atoms with Gasteiger partial charge in [-0.05, 0) is 41.5 Å². The van der Waals surface area contributed by atoms with Gasteiger partial charge in [-0.1, -0.05) is 0 Å². The van der Waals surface area contributed by atoms with E-state index in [1.807, 2.05) is 41.5 Å². The van der Waals surface area contributed by atoms with E-state index in [-0.39, 0.29) is 64.9 Å². The van der Waals surface area contributed by atoms with E-state index in [4.69, 9.17) is 32.2 Å². The Kier molecular flexibility index (Phi) is 82.7. The molecule has 23 heavy (non-hydrogen) atoms. The third kappa shape index (κ3) is 60.2. The van der Waals surface area contributed by atoms with Crippen LogP contribution in [0.5, 0.6) is 0 Å². The van der Waals surface area contributed by atoms with E-state index in [1.54, 1.807) is 0 Å². The molecule has 0 heterocycles. The zero-order chi connectivity index (χ0) is 18.4. The van der Waals surface area contributed by atoms with Gasteiger partial charge in [0.05, 0.1) is 18.3 Å². The Morgan fingerprint density at radius 2 is 0.696 bits per heavy atom. The zero-order valence-corrected chi connectivity index (χ0v) is 18.5. The summed E-state index contributed by atoms with van der Waals surface area (Å²) >= 11 is 0. The molecule has 1 radical (unpaired) electrons. The Morgan fingerprint density at radius 1 is 0.565 bits per heavy atom. The summed E-state index contributed by atoms with van der Waals surface area (Å²) in [5.74, 6) is 0. The van der Waals surface area contributed by atoms with Crippen LogP contribution in [-0.2, 0) is 49.2 Å². The van der Waals surface area contributed by atoms with E-state index in [9.17, 15) is 0 Å². The van der Waals surface area contributed by atoms with Crippen molar-refractivity contribution in [3.05, 3.63) is 26.6 Å². The van der Waals surface area contributed by atoms with Crippen LogP contribution in [0, 0.1) is 26.6 Å². The van der Waals surface area contributed by atoms with Crippen LogP contribution in [0.25, 0.3) is 0 Å². The van der Waals surface area contributed by atoms with Crippen molar-refractivity contribution >= 4 is 8.60 Å². The Labute approximate surface area is 173 Å². The molecule has 0 saturated heterocycles. The molecule has 0 bridgehead atoms. The van der Waals surface area contributed by atoms with Gasteiger partial charge in [0.1, 0.15) is 0 Å². The van der Waals surface area contributed by atoms with Crippen LogP contribution in [0.1, 0.15) is 41.5 Å². The predicted molar refractivity (Wildman–Crippen MR) is 71.3 cm³/mol. The minimum Gasteiger partial charge on any atom is 0 e. The molecule has 0 aromatic carbocycles. The summed E-state index contributed by atoms with van der Waals surface area (Å²) in [5, 5.41) is 0. The third-order valence-corrected chi connectivity index (χ3v) is 2.67. The summed E-state index contributed by atoms with van der Waals surface area (Å²) in [6.45, 7) is 29.8. The molecule has 0 fully saturated rings. The first-order valence-corrected chi connectivity index (χ1v) is 6.63. The van der Waals surface area contributed by atoms with Gasteiger partial charge in [-0.2, -0.15) is 0 Å². The summed E-state index contributed by atoms with van der Waals surface area (Å²) in [7, 11) is -1.18. The third-order valence-electron chi connectivity index (χ3n) is 0.891. The van der Waals surface area contributed by atoms with Crippen LogP contribution in [-0.4, -0.2) is 18.3 Å². The molecular formula is C13H21MnNaO7P+. The summed E-state index contributed by atoms with van der Waals surface area (Å²) in [6.07, 6.45) is 0.427. The molecule has 0 rings (SSSR count). The second kappa shape index (κ2) is 43.4. The Balaban J connectivity index is -0.0000000445. The van der Waals surface area contributed by atoms with Gasteiger partial charge in [-0.15, -0.1) is 0 Å². The molecule has 0 saturated carbocycles. The van der Waals surface area contributed by atoms with Gasteiger partial charge in [0.25, 0.3) is 0 Å². The predicted octanol–water partition coefficient (Wildman–Crippen LogP) is 0.340. The number of hydrogen-bond acceptors (Lipinski definition) is 3. The summed E-state index contributed by atoms with van der Waals surface area (Å²) in [6, 6.07) is 0. The molecular weight excluding hydrogens is 377 g/mol. The first kappa shape index (κ1) is 43.8. The van der Waals surface area contributed by atoms with E-state index < -0.39 is 8.60 Å². The molecule has 0 aromatic rings. The van der Waals surface area contributed by atoms with Gasteiger partial charge in [0, 0.05) is 17.1 Å². The molecule has 0 atom stereocenters. The molecule has 0 N–H and O–H groups in total. The van der Waals surface area contributed by atoms with Crippen LogP contribution in [0.2, 0.25) is 0 Å². The second-order valence-electron chi connectivity index (χ2n) is 3.69. The smallest absolute Gasteiger partial charge is 0 e. The van der Waals surface area contributed by atoms with Crippen molar-refractivity contribution in [1.82, 2.24) is 0 Å². The molecule has 0 aliphatic rings. The monoisotopic (exact) mass is 398 g/mol. The topological polar surface area (TPSA) is 107 Å². The SMILES string of the molecule is CC(C)OP(OC(C)C)OC(C)C.[C-]#[O+].[C-]#[O+].[C-]#[O+].[C-]#[O+].[Mn].[Na+]. The quantitative estimate of drug-likeness (QED) is 0.279. The van der Waals surface area contributed by atoms with Gasteiger partial charge < -0.3 is 13.6 Å². The first-order chi connectivity index (χ1) is 9.91. The van der Waals surface area contributed by atoms with E-state index in [1.165, 1.54) is 0 Å². The largest absolute Gasteiger partial charge is 1.00 e. The molecule has 0 aromatic heterocycles. The summed E-state index contributed by atoms with van der Waals surface area (Å²) in [4.78, 5) is 0. The molecule has 0 amide bonds. The molecule has 0 aliphatic carbocycles. The van der Waals surface area contributed by atoms with E-state index in [0.29, 0.717) is 0 Å². The van der Waals surface area contributed by atoms with Crippen molar-refractivity contribution in [3.63, 3.8) is 0 Å². The maximum Gasteiger partial charge on any atom is 1.00 e. The van der Waals surface area contributed by atoms with Crippen molar-refractivity contribution < 1.29 is 78.8 Å². The fraction of sp³-hybridized carbons (Fsp3) is 0.692. The fourth-order valence-corrected chi connectivity index (χ4v) is 1.77. The second-order valence-corrected chi connectivity index (χ2v) is 4.77. The minimum absolute atomic E-state index is 0. The van der Waals surface area contributed by atoms with E-state index in [2.05, 4.69) is 26.6 Å². The van der Waals surface area contributed by atoms with Crippen LogP contribution < -0.4 is 29.6 Å². The molecule has 127 valence electrons. The fourth-order valence-electron chi connectivity index (χ4n) is 0.591. The van der Waals surface area contributed by atoms with Gasteiger partial charge in [-0.3, -0.25) is 0 Å². The molecule has 7 nitrogen and oxygen atoms in total. The van der Waals surface area contributed by atoms with Crippen molar-refractivity contribution in [1.29, 1.82) is 0 Å². The van der Waals surface area contributed by atoms with Crippen LogP contribution in [0.4, 0.5) is 0 Å². The van der Waals surface area contributed by atoms with E-state index in [0.717, 1.165) is 0 Å². The van der Waals surface area contributed by atoms with Crippen molar-refractivity contribution in [2.75, 3.05) is 0 Å². The van der Waals surface area contributed by atoms with Gasteiger partial charge in [0.2, 0.25) is 0 Å². The summed E-state index contributed by atoms with van der Waals surface area (Å²) in [5.41, 5.74) is 0. The van der Waals surface area contributed by atoms with E-state index >= 15 is 0 Å². The first-order valence-electron chi connectivity index (χ1n) is 5.54. The van der Waals surface area contributed by atoms with Crippen molar-refractivity contribution in [3.8, 4) is 0 Å². The normalized spacial score (nSPS) is 7.39. The molecule has 0 aliphatic heterocycles. The van der Waals surface area contributed by atoms with Crippen LogP contribution in [0.3, 0.4) is 0 Å². The zero-order valence-electron chi connectivity index (χ0n) is 14.4. The van der Waals surface area contributed by atoms with Gasteiger partial charge >= 0.3 is 83.4 Å². The summed E-state index contributed by atoms with van der Waals surface area (Å²) < 4.78 is 46.5. The standard InChI is InChI=1S/C9H21O3P.4CO.Mn.Na/c1-7(2)10-13(11-8(3)4)12-9(5)6;4*1-2;;/h7-9H,1-6H3;;;;;;/q;;;;;;+1.